The molecule has 0 N–H and O–H groups in total. The summed E-state index contributed by atoms with van der Waals surface area (Å²) in [5.74, 6) is -2.36. The second kappa shape index (κ2) is 5.58. The lowest BCUT2D eigenvalue weighted by Crippen LogP contribution is -2.12. The maximum Gasteiger partial charge on any atom is 0.344 e. The summed E-state index contributed by atoms with van der Waals surface area (Å²) < 4.78 is 31.1. The zero-order valence-electron chi connectivity index (χ0n) is 9.30. The zero-order valence-corrected chi connectivity index (χ0v) is 9.30. The Bertz CT molecular complexity index is 355. The first-order valence-electron chi connectivity index (χ1n) is 5.13. The third-order valence-corrected chi connectivity index (χ3v) is 2.10. The highest BCUT2D eigenvalue weighted by molar-refractivity contribution is 5.89. The predicted molar refractivity (Wildman–Crippen MR) is 56.1 cm³/mol. The largest absolute Gasteiger partial charge is 0.462 e. The van der Waals surface area contributed by atoms with Gasteiger partial charge in [-0.3, -0.25) is 0 Å². The molecule has 0 bridgehead atoms. The maximum atomic E-state index is 13.1. The first-order chi connectivity index (χ1) is 7.52. The van der Waals surface area contributed by atoms with Gasteiger partial charge in [-0.1, -0.05) is 19.9 Å². The molecule has 16 heavy (non-hydrogen) atoms. The Labute approximate surface area is 93.2 Å². The van der Waals surface area contributed by atoms with Crippen LogP contribution in [0.4, 0.5) is 8.78 Å². The van der Waals surface area contributed by atoms with Gasteiger partial charge in [0, 0.05) is 0 Å². The van der Waals surface area contributed by atoms with Crippen molar-refractivity contribution in [2.45, 2.75) is 20.3 Å². The van der Waals surface area contributed by atoms with Gasteiger partial charge < -0.3 is 4.74 Å². The fourth-order valence-corrected chi connectivity index (χ4v) is 1.15. The number of carbonyl (C=O) groups excluding carboxylic acids is 1. The van der Waals surface area contributed by atoms with Crippen molar-refractivity contribution in [3.8, 4) is 0 Å². The highest BCUT2D eigenvalue weighted by Crippen LogP contribution is 2.13. The molecule has 0 unspecified atom stereocenters. The van der Waals surface area contributed by atoms with Crippen molar-refractivity contribution in [2.75, 3.05) is 6.61 Å². The van der Waals surface area contributed by atoms with Crippen LogP contribution >= 0.6 is 0 Å². The Balaban J connectivity index is 2.66. The van der Waals surface area contributed by atoms with E-state index in [4.69, 9.17) is 4.74 Å². The molecule has 0 heterocycles. The highest BCUT2D eigenvalue weighted by Gasteiger charge is 2.18. The van der Waals surface area contributed by atoms with Gasteiger partial charge in [-0.05, 0) is 24.5 Å². The Kier molecular flexibility index (Phi) is 4.40. The molecule has 0 radical (unpaired) electrons. The van der Waals surface area contributed by atoms with Crippen molar-refractivity contribution in [1.82, 2.24) is 0 Å². The minimum Gasteiger partial charge on any atom is -0.462 e. The van der Waals surface area contributed by atoms with E-state index in [1.54, 1.807) is 0 Å². The summed E-state index contributed by atoms with van der Waals surface area (Å²) in [5, 5.41) is 0. The molecule has 0 spiro atoms. The van der Waals surface area contributed by atoms with Crippen molar-refractivity contribution in [2.24, 2.45) is 5.92 Å². The van der Waals surface area contributed by atoms with Crippen molar-refractivity contribution < 1.29 is 18.3 Å². The Morgan fingerprint density at radius 2 is 1.88 bits per heavy atom. The smallest absolute Gasteiger partial charge is 0.344 e. The van der Waals surface area contributed by atoms with Crippen LogP contribution in [0.2, 0.25) is 0 Å². The van der Waals surface area contributed by atoms with E-state index in [1.807, 2.05) is 13.8 Å². The molecule has 1 rings (SSSR count). The van der Waals surface area contributed by atoms with Crippen LogP contribution in [0.1, 0.15) is 30.6 Å². The van der Waals surface area contributed by atoms with Gasteiger partial charge in [-0.15, -0.1) is 0 Å². The molecular formula is C12H14F2O2. The zero-order chi connectivity index (χ0) is 12.1. The van der Waals surface area contributed by atoms with Crippen LogP contribution < -0.4 is 0 Å². The van der Waals surface area contributed by atoms with Crippen LogP contribution in [0.5, 0.6) is 0 Å². The van der Waals surface area contributed by atoms with Crippen LogP contribution in [-0.4, -0.2) is 12.6 Å². The Hall–Kier alpha value is -1.45. The monoisotopic (exact) mass is 228 g/mol. The third-order valence-electron chi connectivity index (χ3n) is 2.10. The van der Waals surface area contributed by atoms with Gasteiger partial charge in [0.1, 0.15) is 17.2 Å². The van der Waals surface area contributed by atoms with E-state index < -0.39 is 23.2 Å². The molecule has 0 aliphatic heterocycles. The van der Waals surface area contributed by atoms with Gasteiger partial charge in [0.2, 0.25) is 0 Å². The van der Waals surface area contributed by atoms with Crippen LogP contribution in [0.25, 0.3) is 0 Å². The van der Waals surface area contributed by atoms with Crippen LogP contribution in [0.15, 0.2) is 18.2 Å². The number of benzene rings is 1. The molecule has 88 valence electrons. The predicted octanol–water partition coefficient (Wildman–Crippen LogP) is 3.17. The molecule has 0 saturated heterocycles. The molecule has 2 nitrogen and oxygen atoms in total. The number of rotatable bonds is 4. The number of hydrogen-bond donors (Lipinski definition) is 0. The molecule has 0 amide bonds. The molecular weight excluding hydrogens is 214 g/mol. The fraction of sp³-hybridized carbons (Fsp3) is 0.417. The molecule has 0 atom stereocenters. The van der Waals surface area contributed by atoms with E-state index in [2.05, 4.69) is 0 Å². The molecule has 4 heteroatoms. The van der Waals surface area contributed by atoms with E-state index >= 15 is 0 Å². The first-order valence-corrected chi connectivity index (χ1v) is 5.13. The summed E-state index contributed by atoms with van der Waals surface area (Å²) in [5.41, 5.74) is -0.619. The van der Waals surface area contributed by atoms with Crippen molar-refractivity contribution in [1.29, 1.82) is 0 Å². The second-order valence-electron chi connectivity index (χ2n) is 3.92. The van der Waals surface area contributed by atoms with Gasteiger partial charge in [-0.25, -0.2) is 13.6 Å². The lowest BCUT2D eigenvalue weighted by Gasteiger charge is -2.07. The summed E-state index contributed by atoms with van der Waals surface area (Å²) in [7, 11) is 0. The van der Waals surface area contributed by atoms with Gasteiger partial charge in [-0.2, -0.15) is 0 Å². The van der Waals surface area contributed by atoms with Gasteiger partial charge >= 0.3 is 5.97 Å². The van der Waals surface area contributed by atoms with Crippen molar-refractivity contribution in [3.05, 3.63) is 35.4 Å². The quantitative estimate of drug-likeness (QED) is 0.740. The minimum absolute atomic E-state index is 0.171. The summed E-state index contributed by atoms with van der Waals surface area (Å²) in [6.45, 7) is 4.11. The topological polar surface area (TPSA) is 26.3 Å². The normalized spacial score (nSPS) is 10.6. The van der Waals surface area contributed by atoms with E-state index in [-0.39, 0.29) is 6.61 Å². The highest BCUT2D eigenvalue weighted by atomic mass is 19.1. The van der Waals surface area contributed by atoms with Crippen LogP contribution in [0.3, 0.4) is 0 Å². The summed E-state index contributed by atoms with van der Waals surface area (Å²) in [6.07, 6.45) is 0.668. The molecule has 1 aromatic rings. The Morgan fingerprint density at radius 1 is 1.31 bits per heavy atom. The third kappa shape index (κ3) is 3.29. The summed E-state index contributed by atoms with van der Waals surface area (Å²) in [6, 6.07) is 3.26. The number of ether oxygens (including phenoxy) is 1. The van der Waals surface area contributed by atoms with Crippen molar-refractivity contribution >= 4 is 5.97 Å². The first kappa shape index (κ1) is 12.6. The maximum absolute atomic E-state index is 13.1. The van der Waals surface area contributed by atoms with Crippen LogP contribution in [-0.2, 0) is 4.74 Å². The van der Waals surface area contributed by atoms with Crippen molar-refractivity contribution in [3.63, 3.8) is 0 Å². The average molecular weight is 228 g/mol. The Morgan fingerprint density at radius 3 is 2.38 bits per heavy atom. The van der Waals surface area contributed by atoms with Gasteiger partial charge in [0.05, 0.1) is 6.61 Å². The van der Waals surface area contributed by atoms with Crippen LogP contribution in [0, 0.1) is 17.6 Å². The van der Waals surface area contributed by atoms with E-state index in [1.165, 1.54) is 6.07 Å². The number of halogens is 2. The standard InChI is InChI=1S/C12H14F2O2/c1-8(2)6-7-16-12(15)11-9(13)4-3-5-10(11)14/h3-5,8H,6-7H2,1-2H3. The SMILES string of the molecule is CC(C)CCOC(=O)c1c(F)cccc1F. The van der Waals surface area contributed by atoms with E-state index in [9.17, 15) is 13.6 Å². The molecule has 1 aromatic carbocycles. The molecule has 0 saturated carbocycles. The number of carbonyl (C=O) groups is 1. The average Bonchev–Trinajstić information content (AvgIpc) is 2.16. The fourth-order valence-electron chi connectivity index (χ4n) is 1.15. The number of esters is 1. The van der Waals surface area contributed by atoms with Gasteiger partial charge in [0.25, 0.3) is 0 Å². The van der Waals surface area contributed by atoms with E-state index in [0.717, 1.165) is 12.1 Å². The van der Waals surface area contributed by atoms with E-state index in [0.29, 0.717) is 12.3 Å². The number of hydrogen-bond acceptors (Lipinski definition) is 2. The summed E-state index contributed by atoms with van der Waals surface area (Å²) >= 11 is 0. The van der Waals surface area contributed by atoms with Gasteiger partial charge in [0.15, 0.2) is 0 Å². The minimum atomic E-state index is -0.948. The second-order valence-corrected chi connectivity index (χ2v) is 3.92. The molecule has 0 aliphatic rings. The summed E-state index contributed by atoms with van der Waals surface area (Å²) in [4.78, 5) is 11.4. The molecule has 0 aromatic heterocycles. The lowest BCUT2D eigenvalue weighted by molar-refractivity contribution is 0.0477. The molecule has 0 fully saturated rings. The molecule has 0 aliphatic carbocycles. The lowest BCUT2D eigenvalue weighted by atomic mass is 10.1.